The van der Waals surface area contributed by atoms with Gasteiger partial charge in [-0.1, -0.05) is 12.8 Å². The Bertz CT molecular complexity index is 1780. The number of carbonyl (C=O) groups excluding carboxylic acids is 1. The number of nitrogens with one attached hydrogen (secondary N) is 3. The van der Waals surface area contributed by atoms with Crippen molar-refractivity contribution in [2.24, 2.45) is 5.92 Å². The maximum Gasteiger partial charge on any atom is 0.227 e. The molecular formula is C28H23N9O. The summed E-state index contributed by atoms with van der Waals surface area (Å²) in [5, 5.41) is 11.5. The number of aromatic amines is 2. The van der Waals surface area contributed by atoms with Gasteiger partial charge >= 0.3 is 0 Å². The van der Waals surface area contributed by atoms with Gasteiger partial charge in [-0.3, -0.25) is 29.8 Å². The van der Waals surface area contributed by atoms with Gasteiger partial charge in [0.15, 0.2) is 5.82 Å². The lowest BCUT2D eigenvalue weighted by Gasteiger charge is -2.11. The molecule has 3 N–H and O–H groups in total. The van der Waals surface area contributed by atoms with Gasteiger partial charge in [0, 0.05) is 47.2 Å². The Morgan fingerprint density at radius 3 is 2.66 bits per heavy atom. The maximum atomic E-state index is 12.6. The van der Waals surface area contributed by atoms with Crippen LogP contribution in [-0.2, 0) is 4.79 Å². The van der Waals surface area contributed by atoms with Gasteiger partial charge in [-0.2, -0.15) is 5.10 Å². The molecule has 0 aliphatic heterocycles. The van der Waals surface area contributed by atoms with E-state index in [0.717, 1.165) is 70.1 Å². The van der Waals surface area contributed by atoms with E-state index >= 15 is 0 Å². The summed E-state index contributed by atoms with van der Waals surface area (Å²) in [6.45, 7) is 0. The van der Waals surface area contributed by atoms with E-state index in [2.05, 4.69) is 40.4 Å². The number of carbonyl (C=O) groups is 1. The highest BCUT2D eigenvalue weighted by molar-refractivity contribution is 5.97. The van der Waals surface area contributed by atoms with Crippen LogP contribution in [0.3, 0.4) is 0 Å². The Hall–Kier alpha value is -4.99. The topological polar surface area (TPSA) is 138 Å². The molecule has 7 rings (SSSR count). The second kappa shape index (κ2) is 9.15. The molecule has 10 nitrogen and oxygen atoms in total. The van der Waals surface area contributed by atoms with Gasteiger partial charge in [-0.25, -0.2) is 4.98 Å². The summed E-state index contributed by atoms with van der Waals surface area (Å²) in [4.78, 5) is 38.6. The first kappa shape index (κ1) is 22.2. The molecule has 186 valence electrons. The number of nitrogens with zero attached hydrogens (tertiary/aromatic N) is 6. The minimum Gasteiger partial charge on any atom is -0.336 e. The van der Waals surface area contributed by atoms with Crippen molar-refractivity contribution in [1.29, 1.82) is 0 Å². The number of fused-ring (bicyclic) bond motifs is 2. The fourth-order valence-electron chi connectivity index (χ4n) is 5.10. The number of pyridine rings is 4. The second-order valence-corrected chi connectivity index (χ2v) is 9.50. The molecular weight excluding hydrogens is 478 g/mol. The monoisotopic (exact) mass is 501 g/mol. The molecule has 10 heteroatoms. The minimum absolute atomic E-state index is 0.0620. The number of anilines is 1. The van der Waals surface area contributed by atoms with Crippen LogP contribution in [0.15, 0.2) is 67.5 Å². The molecule has 38 heavy (non-hydrogen) atoms. The van der Waals surface area contributed by atoms with Crippen LogP contribution >= 0.6 is 0 Å². The first-order valence-electron chi connectivity index (χ1n) is 12.6. The largest absolute Gasteiger partial charge is 0.336 e. The summed E-state index contributed by atoms with van der Waals surface area (Å²) >= 11 is 0. The van der Waals surface area contributed by atoms with Crippen LogP contribution < -0.4 is 5.32 Å². The van der Waals surface area contributed by atoms with Gasteiger partial charge in [0.05, 0.1) is 40.5 Å². The first-order valence-corrected chi connectivity index (χ1v) is 12.6. The van der Waals surface area contributed by atoms with E-state index < -0.39 is 0 Å². The molecule has 0 spiro atoms. The molecule has 0 radical (unpaired) electrons. The number of hydrogen-bond acceptors (Lipinski definition) is 7. The standard InChI is InChI=1S/C28H23N9O/c38-28(16-4-1-2-5-16)33-19-10-18(13-30-14-19)22-11-20-23(15-32-22)36-37-25(20)27-34-21-7-9-31-24(26(21)35-27)17-6-3-8-29-12-17/h3,6-16H,1-2,4-5H2,(H,33,38)(H,34,35)(H,36,37). The highest BCUT2D eigenvalue weighted by atomic mass is 16.1. The lowest BCUT2D eigenvalue weighted by molar-refractivity contribution is -0.119. The number of rotatable bonds is 5. The lowest BCUT2D eigenvalue weighted by Crippen LogP contribution is -2.20. The van der Waals surface area contributed by atoms with Crippen LogP contribution in [0.5, 0.6) is 0 Å². The summed E-state index contributed by atoms with van der Waals surface area (Å²) in [5.74, 6) is 0.767. The Morgan fingerprint density at radius 1 is 0.895 bits per heavy atom. The van der Waals surface area contributed by atoms with Crippen LogP contribution in [0.1, 0.15) is 25.7 Å². The van der Waals surface area contributed by atoms with Gasteiger partial charge in [0.2, 0.25) is 5.91 Å². The molecule has 0 saturated heterocycles. The molecule has 1 fully saturated rings. The fourth-order valence-corrected chi connectivity index (χ4v) is 5.10. The Labute approximate surface area is 217 Å². The summed E-state index contributed by atoms with van der Waals surface area (Å²) < 4.78 is 0. The average molecular weight is 502 g/mol. The van der Waals surface area contributed by atoms with Gasteiger partial charge < -0.3 is 10.3 Å². The Kier molecular flexibility index (Phi) is 5.35. The van der Waals surface area contributed by atoms with Crippen molar-refractivity contribution in [2.45, 2.75) is 25.7 Å². The predicted octanol–water partition coefficient (Wildman–Crippen LogP) is 5.15. The van der Waals surface area contributed by atoms with Crippen LogP contribution in [0, 0.1) is 5.92 Å². The second-order valence-electron chi connectivity index (χ2n) is 9.50. The summed E-state index contributed by atoms with van der Waals surface area (Å²) in [7, 11) is 0. The van der Waals surface area contributed by atoms with Crippen LogP contribution in [0.4, 0.5) is 5.69 Å². The lowest BCUT2D eigenvalue weighted by atomic mass is 10.1. The summed E-state index contributed by atoms with van der Waals surface area (Å²) in [6, 6.07) is 9.60. The van der Waals surface area contributed by atoms with E-state index in [4.69, 9.17) is 4.98 Å². The fraction of sp³-hybridized carbons (Fsp3) is 0.179. The molecule has 1 amide bonds. The molecule has 0 atom stereocenters. The SMILES string of the molecule is O=C(Nc1cncc(-c2cc3c(-c4nc5c(-c6cccnc6)nccc5[nH]4)n[nH]c3cn2)c1)C1CCCC1. The van der Waals surface area contributed by atoms with E-state index in [1.165, 1.54) is 0 Å². The Balaban J connectivity index is 1.25. The summed E-state index contributed by atoms with van der Waals surface area (Å²) in [5.41, 5.74) is 6.90. The number of aromatic nitrogens is 8. The average Bonchev–Trinajstić information content (AvgIpc) is 3.73. The molecule has 0 aromatic carbocycles. The van der Waals surface area contributed by atoms with Gasteiger partial charge in [0.25, 0.3) is 0 Å². The molecule has 1 aliphatic rings. The van der Waals surface area contributed by atoms with Crippen LogP contribution in [0.25, 0.3) is 56.0 Å². The van der Waals surface area contributed by atoms with Gasteiger partial charge in [0.1, 0.15) is 11.2 Å². The van der Waals surface area contributed by atoms with Crippen molar-refractivity contribution < 1.29 is 4.79 Å². The number of hydrogen-bond donors (Lipinski definition) is 3. The molecule has 1 saturated carbocycles. The first-order chi connectivity index (χ1) is 18.7. The number of H-pyrrole nitrogens is 2. The highest BCUT2D eigenvalue weighted by Crippen LogP contribution is 2.32. The normalized spacial score (nSPS) is 13.9. The quantitative estimate of drug-likeness (QED) is 0.297. The third kappa shape index (κ3) is 3.96. The predicted molar refractivity (Wildman–Crippen MR) is 144 cm³/mol. The zero-order valence-electron chi connectivity index (χ0n) is 20.3. The van der Waals surface area contributed by atoms with Crippen molar-refractivity contribution in [3.8, 4) is 34.0 Å². The summed E-state index contributed by atoms with van der Waals surface area (Å²) in [6.07, 6.45) is 14.5. The zero-order chi connectivity index (χ0) is 25.5. The van der Waals surface area contributed by atoms with E-state index in [1.807, 2.05) is 30.3 Å². The molecule has 6 aromatic rings. The third-order valence-electron chi connectivity index (χ3n) is 7.03. The van der Waals surface area contributed by atoms with Gasteiger partial charge in [-0.15, -0.1) is 0 Å². The maximum absolute atomic E-state index is 12.6. The van der Waals surface area contributed by atoms with Crippen molar-refractivity contribution in [3.05, 3.63) is 67.5 Å². The minimum atomic E-state index is 0.0620. The third-order valence-corrected chi connectivity index (χ3v) is 7.03. The number of imidazole rings is 1. The van der Waals surface area contributed by atoms with Crippen LogP contribution in [-0.4, -0.2) is 46.0 Å². The van der Waals surface area contributed by atoms with Gasteiger partial charge in [-0.05, 0) is 43.2 Å². The zero-order valence-corrected chi connectivity index (χ0v) is 20.3. The molecule has 6 heterocycles. The van der Waals surface area contributed by atoms with Crippen molar-refractivity contribution in [3.63, 3.8) is 0 Å². The van der Waals surface area contributed by atoms with Crippen molar-refractivity contribution in [2.75, 3.05) is 5.32 Å². The van der Waals surface area contributed by atoms with Crippen molar-refractivity contribution in [1.82, 2.24) is 40.1 Å². The van der Waals surface area contributed by atoms with E-state index in [-0.39, 0.29) is 11.8 Å². The van der Waals surface area contributed by atoms with Crippen molar-refractivity contribution >= 4 is 33.5 Å². The molecule has 0 bridgehead atoms. The molecule has 0 unspecified atom stereocenters. The molecule has 1 aliphatic carbocycles. The van der Waals surface area contributed by atoms with E-state index in [0.29, 0.717) is 17.2 Å². The van der Waals surface area contributed by atoms with Crippen LogP contribution in [0.2, 0.25) is 0 Å². The smallest absolute Gasteiger partial charge is 0.227 e. The van der Waals surface area contributed by atoms with E-state index in [1.54, 1.807) is 37.2 Å². The number of amides is 1. The molecule has 6 aromatic heterocycles. The Morgan fingerprint density at radius 2 is 1.79 bits per heavy atom. The van der Waals surface area contributed by atoms with E-state index in [9.17, 15) is 4.79 Å². The highest BCUT2D eigenvalue weighted by Gasteiger charge is 2.23.